The maximum absolute atomic E-state index is 11.3. The number of halogens is 4. The zero-order valence-corrected chi connectivity index (χ0v) is 10.4. The lowest BCUT2D eigenvalue weighted by Crippen LogP contribution is -2.59. The highest BCUT2D eigenvalue weighted by molar-refractivity contribution is 6.68. The van der Waals surface area contributed by atoms with Gasteiger partial charge in [0.25, 0.3) is 0 Å². The minimum Gasteiger partial charge on any atom is -0.298 e. The predicted octanol–water partition coefficient (Wildman–Crippen LogP) is 3.72. The topological polar surface area (TPSA) is 17.1 Å². The number of alkyl halides is 4. The molecule has 1 saturated carbocycles. The van der Waals surface area contributed by atoms with Gasteiger partial charge in [-0.15, -0.1) is 11.6 Å². The number of hydrogen-bond donors (Lipinski definition) is 0. The van der Waals surface area contributed by atoms with Gasteiger partial charge in [-0.2, -0.15) is 0 Å². The highest BCUT2D eigenvalue weighted by Gasteiger charge is 2.61. The van der Waals surface area contributed by atoms with E-state index in [1.54, 1.807) is 0 Å². The first-order valence-electron chi connectivity index (χ1n) is 3.87. The smallest absolute Gasteiger partial charge is 0.192 e. The molecule has 0 spiro atoms. The van der Waals surface area contributed by atoms with Crippen LogP contribution in [0.25, 0.3) is 0 Å². The molecule has 1 rings (SSSR count). The SMILES string of the molecule is CC1(C)CC(=O)[C@]1(Cl)CC(Cl)(Cl)Cl. The number of carbonyl (C=O) groups excluding carboxylic acids is 1. The van der Waals surface area contributed by atoms with Gasteiger partial charge in [0.15, 0.2) is 9.58 Å². The van der Waals surface area contributed by atoms with Gasteiger partial charge >= 0.3 is 0 Å². The Balaban J connectivity index is 2.82. The maximum atomic E-state index is 11.3. The number of ketones is 1. The van der Waals surface area contributed by atoms with Crippen LogP contribution in [0.5, 0.6) is 0 Å². The van der Waals surface area contributed by atoms with E-state index < -0.39 is 8.67 Å². The summed E-state index contributed by atoms with van der Waals surface area (Å²) in [6, 6.07) is 0. The number of Topliss-reactive ketones (excluding diaryl/α,β-unsaturated/α-hetero) is 1. The van der Waals surface area contributed by atoms with Crippen molar-refractivity contribution in [2.24, 2.45) is 5.41 Å². The second-order valence-corrected chi connectivity index (χ2v) is 7.24. The highest BCUT2D eigenvalue weighted by atomic mass is 35.6. The van der Waals surface area contributed by atoms with Gasteiger partial charge < -0.3 is 0 Å². The molecule has 1 atom stereocenters. The Labute approximate surface area is 97.7 Å². The minimum absolute atomic E-state index is 0.0366. The molecule has 1 nitrogen and oxygen atoms in total. The van der Waals surface area contributed by atoms with Crippen molar-refractivity contribution in [1.82, 2.24) is 0 Å². The summed E-state index contributed by atoms with van der Waals surface area (Å²) in [6.45, 7) is 3.80. The summed E-state index contributed by atoms with van der Waals surface area (Å²) in [6.07, 6.45) is 0.523. The molecule has 0 aromatic carbocycles. The molecular formula is C8H10Cl4O. The summed E-state index contributed by atoms with van der Waals surface area (Å²) in [5.41, 5.74) is -0.282. The molecular weight excluding hydrogens is 254 g/mol. The third-order valence-electron chi connectivity index (χ3n) is 2.56. The maximum Gasteiger partial charge on any atom is 0.192 e. The first kappa shape index (κ1) is 11.9. The first-order valence-corrected chi connectivity index (χ1v) is 5.39. The molecule has 76 valence electrons. The van der Waals surface area contributed by atoms with E-state index in [2.05, 4.69) is 0 Å². The predicted molar refractivity (Wildman–Crippen MR) is 56.9 cm³/mol. The summed E-state index contributed by atoms with van der Waals surface area (Å²) in [5.74, 6) is -0.0366. The normalized spacial score (nSPS) is 32.9. The molecule has 5 heteroatoms. The minimum atomic E-state index is -1.46. The van der Waals surface area contributed by atoms with Crippen LogP contribution in [0.2, 0.25) is 0 Å². The molecule has 0 aliphatic heterocycles. The van der Waals surface area contributed by atoms with Gasteiger partial charge in [0.1, 0.15) is 4.87 Å². The van der Waals surface area contributed by atoms with Gasteiger partial charge in [0.2, 0.25) is 0 Å². The summed E-state index contributed by atoms with van der Waals surface area (Å²) in [5, 5.41) is 0. The Bertz CT molecular complexity index is 243. The number of hydrogen-bond acceptors (Lipinski definition) is 1. The Kier molecular flexibility index (Phi) is 2.89. The molecule has 0 heterocycles. The Morgan fingerprint density at radius 1 is 1.38 bits per heavy atom. The molecule has 1 fully saturated rings. The molecule has 0 bridgehead atoms. The van der Waals surface area contributed by atoms with Gasteiger partial charge in [-0.1, -0.05) is 48.7 Å². The molecule has 13 heavy (non-hydrogen) atoms. The van der Waals surface area contributed by atoms with Crippen LogP contribution in [0.1, 0.15) is 26.7 Å². The van der Waals surface area contributed by atoms with Crippen molar-refractivity contribution < 1.29 is 4.79 Å². The van der Waals surface area contributed by atoms with Crippen LogP contribution in [-0.4, -0.2) is 14.4 Å². The summed E-state index contributed by atoms with van der Waals surface area (Å²) < 4.78 is -1.46. The van der Waals surface area contributed by atoms with Crippen molar-refractivity contribution in [2.45, 2.75) is 35.4 Å². The second kappa shape index (κ2) is 3.16. The fraction of sp³-hybridized carbons (Fsp3) is 0.875. The molecule has 0 amide bonds. The molecule has 0 aromatic rings. The lowest BCUT2D eigenvalue weighted by Gasteiger charge is -2.51. The van der Waals surface area contributed by atoms with Crippen molar-refractivity contribution in [3.8, 4) is 0 Å². The molecule has 0 aromatic heterocycles. The Hall–Kier alpha value is 0.830. The zero-order chi connectivity index (χ0) is 10.5. The summed E-state index contributed by atoms with van der Waals surface area (Å²) in [7, 11) is 0. The zero-order valence-electron chi connectivity index (χ0n) is 7.33. The van der Waals surface area contributed by atoms with Crippen molar-refractivity contribution in [1.29, 1.82) is 0 Å². The van der Waals surface area contributed by atoms with Crippen LogP contribution < -0.4 is 0 Å². The Morgan fingerprint density at radius 2 is 1.85 bits per heavy atom. The van der Waals surface area contributed by atoms with E-state index in [-0.39, 0.29) is 17.6 Å². The van der Waals surface area contributed by atoms with Crippen molar-refractivity contribution in [3.63, 3.8) is 0 Å². The lowest BCUT2D eigenvalue weighted by atomic mass is 9.59. The van der Waals surface area contributed by atoms with Gasteiger partial charge in [0, 0.05) is 12.8 Å². The van der Waals surface area contributed by atoms with Crippen LogP contribution in [0.3, 0.4) is 0 Å². The van der Waals surface area contributed by atoms with E-state index in [0.29, 0.717) is 6.42 Å². The van der Waals surface area contributed by atoms with Gasteiger partial charge in [-0.25, -0.2) is 0 Å². The van der Waals surface area contributed by atoms with Crippen LogP contribution in [-0.2, 0) is 4.79 Å². The molecule has 0 saturated heterocycles. The quantitative estimate of drug-likeness (QED) is 0.659. The highest BCUT2D eigenvalue weighted by Crippen LogP contribution is 2.56. The molecule has 1 aliphatic rings. The van der Waals surface area contributed by atoms with Crippen LogP contribution >= 0.6 is 46.4 Å². The van der Waals surface area contributed by atoms with E-state index in [1.165, 1.54) is 0 Å². The summed E-state index contributed by atoms with van der Waals surface area (Å²) in [4.78, 5) is 10.3. The standard InChI is InChI=1S/C8H10Cl4O/c1-6(2)3-5(13)7(6,9)4-8(10,11)12/h3-4H2,1-2H3/t7-/m1/s1. The van der Waals surface area contributed by atoms with Crippen LogP contribution in [0.15, 0.2) is 0 Å². The van der Waals surface area contributed by atoms with E-state index in [9.17, 15) is 4.79 Å². The van der Waals surface area contributed by atoms with E-state index >= 15 is 0 Å². The molecule has 0 radical (unpaired) electrons. The average molecular weight is 264 g/mol. The van der Waals surface area contributed by atoms with Gasteiger partial charge in [0.05, 0.1) is 0 Å². The lowest BCUT2D eigenvalue weighted by molar-refractivity contribution is -0.137. The van der Waals surface area contributed by atoms with Crippen LogP contribution in [0, 0.1) is 5.41 Å². The average Bonchev–Trinajstić information content (AvgIpc) is 1.82. The summed E-state index contributed by atoms with van der Waals surface area (Å²) >= 11 is 23.0. The van der Waals surface area contributed by atoms with Crippen molar-refractivity contribution in [2.75, 3.05) is 0 Å². The van der Waals surface area contributed by atoms with Crippen molar-refractivity contribution in [3.05, 3.63) is 0 Å². The fourth-order valence-corrected chi connectivity index (χ4v) is 2.71. The third kappa shape index (κ3) is 2.09. The van der Waals surface area contributed by atoms with E-state index in [1.807, 2.05) is 13.8 Å². The Morgan fingerprint density at radius 3 is 2.00 bits per heavy atom. The molecule has 1 aliphatic carbocycles. The molecule has 0 N–H and O–H groups in total. The van der Waals surface area contributed by atoms with E-state index in [4.69, 9.17) is 46.4 Å². The van der Waals surface area contributed by atoms with E-state index in [0.717, 1.165) is 0 Å². The number of rotatable bonds is 1. The largest absolute Gasteiger partial charge is 0.298 e. The van der Waals surface area contributed by atoms with Gasteiger partial charge in [-0.05, 0) is 5.41 Å². The number of carbonyl (C=O) groups is 1. The second-order valence-electron chi connectivity index (χ2n) is 4.08. The first-order chi connectivity index (χ1) is 5.58. The molecule has 0 unspecified atom stereocenters. The van der Waals surface area contributed by atoms with Gasteiger partial charge in [-0.3, -0.25) is 4.79 Å². The monoisotopic (exact) mass is 262 g/mol. The third-order valence-corrected chi connectivity index (χ3v) is 3.82. The van der Waals surface area contributed by atoms with Crippen molar-refractivity contribution >= 4 is 52.2 Å². The fourth-order valence-electron chi connectivity index (χ4n) is 1.57. The van der Waals surface area contributed by atoms with Crippen LogP contribution in [0.4, 0.5) is 0 Å².